The van der Waals surface area contributed by atoms with Gasteiger partial charge in [0.25, 0.3) is 0 Å². The third-order valence-corrected chi connectivity index (χ3v) is 1.30. The van der Waals surface area contributed by atoms with Crippen molar-refractivity contribution in [2.24, 2.45) is 4.99 Å². The molecule has 1 amide bonds. The van der Waals surface area contributed by atoms with E-state index in [-0.39, 0.29) is 5.91 Å². The molecular formula is C8H18N3O+. The Kier molecular flexibility index (Phi) is 3.89. The number of aliphatic imine (C=N–C) groups is 1. The Morgan fingerprint density at radius 1 is 1.42 bits per heavy atom. The number of carbonyl (C=O) groups is 1. The van der Waals surface area contributed by atoms with Crippen LogP contribution in [-0.2, 0) is 4.79 Å². The zero-order chi connectivity index (χ0) is 9.78. The van der Waals surface area contributed by atoms with Crippen LogP contribution in [0.2, 0.25) is 0 Å². The topological polar surface area (TPSA) is 41.5 Å². The first-order chi connectivity index (χ1) is 5.40. The van der Waals surface area contributed by atoms with Crippen molar-refractivity contribution < 1.29 is 9.39 Å². The van der Waals surface area contributed by atoms with Gasteiger partial charge in [-0.2, -0.15) is 5.43 Å². The minimum absolute atomic E-state index is 0.0903. The molecular weight excluding hydrogens is 154 g/mol. The largest absolute Gasteiger partial charge is 0.309 e. The van der Waals surface area contributed by atoms with Gasteiger partial charge in [-0.25, -0.2) is 4.59 Å². The number of amides is 1. The molecule has 0 heterocycles. The van der Waals surface area contributed by atoms with E-state index in [2.05, 4.69) is 10.4 Å². The molecule has 0 spiro atoms. The van der Waals surface area contributed by atoms with Gasteiger partial charge in [0.1, 0.15) is 5.71 Å². The van der Waals surface area contributed by atoms with Crippen molar-refractivity contribution in [1.29, 1.82) is 0 Å². The maximum Gasteiger partial charge on any atom is 0.309 e. The lowest BCUT2D eigenvalue weighted by Crippen LogP contribution is -2.53. The highest BCUT2D eigenvalue weighted by molar-refractivity contribution is 6.38. The Bertz CT molecular complexity index is 191. The van der Waals surface area contributed by atoms with Crippen molar-refractivity contribution in [3.05, 3.63) is 0 Å². The first-order valence-corrected chi connectivity index (χ1v) is 4.00. The molecule has 0 aromatic carbocycles. The highest BCUT2D eigenvalue weighted by Crippen LogP contribution is 1.88. The van der Waals surface area contributed by atoms with Crippen LogP contribution < -0.4 is 5.43 Å². The van der Waals surface area contributed by atoms with Gasteiger partial charge in [0, 0.05) is 7.05 Å². The fraction of sp³-hybridized carbons (Fsp3) is 0.750. The standard InChI is InChI=1S/C8H17N3O/c1-6-7(9-2)8(12)10-11(3,4)5/h6H2,1-5H3/p+1. The van der Waals surface area contributed by atoms with Gasteiger partial charge in [0.05, 0.1) is 21.1 Å². The zero-order valence-corrected chi connectivity index (χ0v) is 8.51. The van der Waals surface area contributed by atoms with Crippen LogP contribution in [0.4, 0.5) is 0 Å². The molecule has 0 bridgehead atoms. The molecule has 4 nitrogen and oxygen atoms in total. The van der Waals surface area contributed by atoms with E-state index >= 15 is 0 Å². The Balaban J connectivity index is 4.23. The second-order valence-corrected chi connectivity index (χ2v) is 3.48. The van der Waals surface area contributed by atoms with E-state index in [4.69, 9.17) is 0 Å². The molecule has 0 atom stereocenters. The van der Waals surface area contributed by atoms with Crippen molar-refractivity contribution in [3.63, 3.8) is 0 Å². The van der Waals surface area contributed by atoms with Crippen LogP contribution in [0.15, 0.2) is 4.99 Å². The normalized spacial score (nSPS) is 12.9. The molecule has 0 saturated carbocycles. The fourth-order valence-electron chi connectivity index (χ4n) is 0.789. The van der Waals surface area contributed by atoms with Crippen molar-refractivity contribution in [2.45, 2.75) is 13.3 Å². The highest BCUT2D eigenvalue weighted by atomic mass is 16.2. The number of rotatable bonds is 3. The summed E-state index contributed by atoms with van der Waals surface area (Å²) in [5, 5.41) is 0. The van der Waals surface area contributed by atoms with Crippen LogP contribution in [-0.4, -0.2) is 44.4 Å². The Hall–Kier alpha value is -0.900. The van der Waals surface area contributed by atoms with E-state index in [9.17, 15) is 4.79 Å². The first-order valence-electron chi connectivity index (χ1n) is 4.00. The van der Waals surface area contributed by atoms with Crippen LogP contribution in [0.5, 0.6) is 0 Å². The zero-order valence-electron chi connectivity index (χ0n) is 8.51. The number of nitrogens with one attached hydrogen (secondary N) is 1. The molecule has 0 fully saturated rings. The van der Waals surface area contributed by atoms with Crippen molar-refractivity contribution in [3.8, 4) is 0 Å². The average molecular weight is 172 g/mol. The summed E-state index contributed by atoms with van der Waals surface area (Å²) in [6, 6.07) is 0. The summed E-state index contributed by atoms with van der Waals surface area (Å²) in [5.74, 6) is -0.0903. The minimum Gasteiger partial charge on any atom is -0.287 e. The van der Waals surface area contributed by atoms with E-state index in [0.717, 1.165) is 0 Å². The summed E-state index contributed by atoms with van der Waals surface area (Å²) in [6.07, 6.45) is 0.669. The van der Waals surface area contributed by atoms with Gasteiger partial charge in [-0.1, -0.05) is 6.92 Å². The van der Waals surface area contributed by atoms with Crippen molar-refractivity contribution in [1.82, 2.24) is 5.43 Å². The van der Waals surface area contributed by atoms with Crippen molar-refractivity contribution in [2.75, 3.05) is 28.2 Å². The van der Waals surface area contributed by atoms with E-state index in [1.165, 1.54) is 0 Å². The van der Waals surface area contributed by atoms with Gasteiger partial charge in [-0.05, 0) is 6.42 Å². The lowest BCUT2D eigenvalue weighted by molar-refractivity contribution is -0.905. The second kappa shape index (κ2) is 4.21. The third-order valence-electron chi connectivity index (χ3n) is 1.30. The van der Waals surface area contributed by atoms with E-state index in [1.807, 2.05) is 28.1 Å². The maximum atomic E-state index is 11.4. The Morgan fingerprint density at radius 2 is 1.92 bits per heavy atom. The number of quaternary nitrogens is 1. The smallest absolute Gasteiger partial charge is 0.287 e. The molecule has 0 aromatic heterocycles. The van der Waals surface area contributed by atoms with Gasteiger partial charge in [0.15, 0.2) is 0 Å². The Morgan fingerprint density at radius 3 is 2.17 bits per heavy atom. The van der Waals surface area contributed by atoms with Gasteiger partial charge >= 0.3 is 5.91 Å². The molecule has 1 N–H and O–H groups in total. The quantitative estimate of drug-likeness (QED) is 0.369. The lowest BCUT2D eigenvalue weighted by atomic mass is 10.3. The van der Waals surface area contributed by atoms with E-state index in [0.29, 0.717) is 16.7 Å². The predicted octanol–water partition coefficient (Wildman–Crippen LogP) is 0.205. The summed E-state index contributed by atoms with van der Waals surface area (Å²) >= 11 is 0. The average Bonchev–Trinajstić information content (AvgIpc) is 1.85. The molecule has 0 aliphatic heterocycles. The second-order valence-electron chi connectivity index (χ2n) is 3.48. The molecule has 0 rings (SSSR count). The summed E-state index contributed by atoms with van der Waals surface area (Å²) in [6.45, 7) is 1.91. The van der Waals surface area contributed by atoms with E-state index < -0.39 is 0 Å². The number of nitrogens with zero attached hydrogens (tertiary/aromatic N) is 2. The molecule has 4 heteroatoms. The van der Waals surface area contributed by atoms with Crippen LogP contribution >= 0.6 is 0 Å². The monoisotopic (exact) mass is 172 g/mol. The molecule has 0 aliphatic carbocycles. The summed E-state index contributed by atoms with van der Waals surface area (Å²) in [5.41, 5.74) is 3.38. The molecule has 0 aromatic rings. The number of hydrogen-bond acceptors (Lipinski definition) is 2. The maximum absolute atomic E-state index is 11.4. The van der Waals surface area contributed by atoms with Crippen LogP contribution in [0.3, 0.4) is 0 Å². The SMILES string of the molecule is CCC(=NC)C(=O)N[N+](C)(C)C. The van der Waals surface area contributed by atoms with E-state index in [1.54, 1.807) is 7.05 Å². The molecule has 0 unspecified atom stereocenters. The summed E-state index contributed by atoms with van der Waals surface area (Å²) in [4.78, 5) is 15.2. The fourth-order valence-corrected chi connectivity index (χ4v) is 0.789. The molecule has 0 aliphatic rings. The van der Waals surface area contributed by atoms with Crippen LogP contribution in [0, 0.1) is 0 Å². The Labute approximate surface area is 73.8 Å². The first kappa shape index (κ1) is 11.1. The lowest BCUT2D eigenvalue weighted by Gasteiger charge is -2.23. The number of hydrogen-bond donors (Lipinski definition) is 1. The molecule has 0 radical (unpaired) electrons. The van der Waals surface area contributed by atoms with Crippen molar-refractivity contribution >= 4 is 11.6 Å². The van der Waals surface area contributed by atoms with Crippen LogP contribution in [0.25, 0.3) is 0 Å². The molecule has 0 saturated heterocycles. The highest BCUT2D eigenvalue weighted by Gasteiger charge is 2.15. The minimum atomic E-state index is -0.0903. The molecule has 70 valence electrons. The summed E-state index contributed by atoms with van der Waals surface area (Å²) < 4.78 is 0.415. The van der Waals surface area contributed by atoms with Gasteiger partial charge in [0.2, 0.25) is 0 Å². The van der Waals surface area contributed by atoms with Gasteiger partial charge in [-0.15, -0.1) is 0 Å². The predicted molar refractivity (Wildman–Crippen MR) is 49.8 cm³/mol. The van der Waals surface area contributed by atoms with Gasteiger partial charge < -0.3 is 0 Å². The molecule has 12 heavy (non-hydrogen) atoms. The van der Waals surface area contributed by atoms with Crippen LogP contribution in [0.1, 0.15) is 13.3 Å². The number of carbonyl (C=O) groups excluding carboxylic acids is 1. The summed E-state index contributed by atoms with van der Waals surface area (Å²) in [7, 11) is 7.30. The third kappa shape index (κ3) is 4.08. The van der Waals surface area contributed by atoms with Gasteiger partial charge in [-0.3, -0.25) is 9.79 Å².